The van der Waals surface area contributed by atoms with E-state index in [2.05, 4.69) is 36.6 Å². The Balaban J connectivity index is 2.38. The Hall–Kier alpha value is -0.690. The first-order valence-corrected chi connectivity index (χ1v) is 4.49. The van der Waals surface area contributed by atoms with Crippen molar-refractivity contribution in [2.45, 2.75) is 0 Å². The smallest absolute Gasteiger partial charge is 0.00814 e. The van der Waals surface area contributed by atoms with Crippen LogP contribution in [0.25, 0.3) is 0 Å². The standard InChI is InChI=1S/C9H8S/c1-10-9-5-7-3-2-4-8(7)6-9/h2-6H,1H3. The van der Waals surface area contributed by atoms with Gasteiger partial charge in [0.1, 0.15) is 0 Å². The first kappa shape index (κ1) is 6.05. The van der Waals surface area contributed by atoms with Crippen molar-refractivity contribution in [2.75, 3.05) is 6.26 Å². The quantitative estimate of drug-likeness (QED) is 0.551. The predicted molar refractivity (Wildman–Crippen MR) is 46.9 cm³/mol. The molecule has 50 valence electrons. The summed E-state index contributed by atoms with van der Waals surface area (Å²) in [5.41, 5.74) is 2.73. The third kappa shape index (κ3) is 0.781. The van der Waals surface area contributed by atoms with Gasteiger partial charge in [0.25, 0.3) is 0 Å². The van der Waals surface area contributed by atoms with E-state index in [1.807, 2.05) is 0 Å². The van der Waals surface area contributed by atoms with Gasteiger partial charge >= 0.3 is 0 Å². The van der Waals surface area contributed by atoms with Gasteiger partial charge in [0, 0.05) is 4.91 Å². The maximum Gasteiger partial charge on any atom is 0.00814 e. The summed E-state index contributed by atoms with van der Waals surface area (Å²) in [5, 5.41) is 0. The number of allylic oxidation sites excluding steroid dienone is 7. The van der Waals surface area contributed by atoms with Crippen LogP contribution in [0.3, 0.4) is 0 Å². The Morgan fingerprint density at radius 2 is 2.10 bits per heavy atom. The molecule has 0 bridgehead atoms. The molecular weight excluding hydrogens is 140 g/mol. The van der Waals surface area contributed by atoms with Crippen LogP contribution in [0, 0.1) is 0 Å². The lowest BCUT2D eigenvalue weighted by atomic mass is 10.2. The minimum Gasteiger partial charge on any atom is -0.130 e. The lowest BCUT2D eigenvalue weighted by Gasteiger charge is -1.85. The minimum absolute atomic E-state index is 1.37. The van der Waals surface area contributed by atoms with Gasteiger partial charge in [0.05, 0.1) is 0 Å². The molecule has 1 heteroatoms. The largest absolute Gasteiger partial charge is 0.130 e. The summed E-state index contributed by atoms with van der Waals surface area (Å²) in [6.07, 6.45) is 12.9. The number of thioether (sulfide) groups is 1. The molecule has 0 radical (unpaired) electrons. The lowest BCUT2D eigenvalue weighted by Crippen LogP contribution is -1.67. The fourth-order valence-corrected chi connectivity index (χ4v) is 1.67. The van der Waals surface area contributed by atoms with Crippen molar-refractivity contribution in [2.24, 2.45) is 0 Å². The monoisotopic (exact) mass is 148 g/mol. The van der Waals surface area contributed by atoms with Crippen molar-refractivity contribution in [3.8, 4) is 0 Å². The van der Waals surface area contributed by atoms with Crippen molar-refractivity contribution >= 4 is 11.8 Å². The second-order valence-electron chi connectivity index (χ2n) is 2.33. The van der Waals surface area contributed by atoms with Crippen LogP contribution in [0.4, 0.5) is 0 Å². The summed E-state index contributed by atoms with van der Waals surface area (Å²) >= 11 is 1.80. The van der Waals surface area contributed by atoms with E-state index < -0.39 is 0 Å². The second-order valence-corrected chi connectivity index (χ2v) is 3.21. The molecule has 2 rings (SSSR count). The predicted octanol–water partition coefficient (Wildman–Crippen LogP) is 2.67. The normalized spacial score (nSPS) is 20.3. The van der Waals surface area contributed by atoms with Gasteiger partial charge in [-0.3, -0.25) is 0 Å². The molecule has 0 nitrogen and oxygen atoms in total. The Morgan fingerprint density at radius 3 is 2.80 bits per heavy atom. The number of rotatable bonds is 1. The minimum atomic E-state index is 1.37. The molecule has 0 saturated carbocycles. The van der Waals surface area contributed by atoms with E-state index in [4.69, 9.17) is 0 Å². The van der Waals surface area contributed by atoms with Crippen molar-refractivity contribution < 1.29 is 0 Å². The van der Waals surface area contributed by atoms with Crippen molar-refractivity contribution in [3.63, 3.8) is 0 Å². The van der Waals surface area contributed by atoms with Crippen LogP contribution in [-0.4, -0.2) is 6.26 Å². The lowest BCUT2D eigenvalue weighted by molar-refractivity contribution is 1.69. The van der Waals surface area contributed by atoms with E-state index in [1.54, 1.807) is 11.8 Å². The molecule has 0 N–H and O–H groups in total. The van der Waals surface area contributed by atoms with Crippen LogP contribution >= 0.6 is 11.8 Å². The van der Waals surface area contributed by atoms with Gasteiger partial charge in [-0.05, 0) is 29.6 Å². The Kier molecular flexibility index (Phi) is 1.31. The molecule has 0 fully saturated rings. The highest BCUT2D eigenvalue weighted by Crippen LogP contribution is 2.32. The zero-order valence-electron chi connectivity index (χ0n) is 5.79. The van der Waals surface area contributed by atoms with Gasteiger partial charge in [-0.1, -0.05) is 18.2 Å². The average molecular weight is 148 g/mol. The van der Waals surface area contributed by atoms with Gasteiger partial charge in [-0.25, -0.2) is 0 Å². The fourth-order valence-electron chi connectivity index (χ4n) is 1.18. The number of hydrogen-bond acceptors (Lipinski definition) is 1. The molecule has 0 amide bonds. The van der Waals surface area contributed by atoms with Crippen molar-refractivity contribution in [1.29, 1.82) is 0 Å². The molecule has 0 unspecified atom stereocenters. The molecule has 0 saturated heterocycles. The molecular formula is C9H8S. The molecule has 0 aromatic carbocycles. The van der Waals surface area contributed by atoms with E-state index in [1.165, 1.54) is 16.1 Å². The first-order chi connectivity index (χ1) is 4.90. The van der Waals surface area contributed by atoms with E-state index >= 15 is 0 Å². The van der Waals surface area contributed by atoms with Crippen LogP contribution < -0.4 is 0 Å². The summed E-state index contributed by atoms with van der Waals surface area (Å²) < 4.78 is 0. The summed E-state index contributed by atoms with van der Waals surface area (Å²) in [7, 11) is 0. The van der Waals surface area contributed by atoms with Gasteiger partial charge < -0.3 is 0 Å². The zero-order valence-corrected chi connectivity index (χ0v) is 6.61. The summed E-state index contributed by atoms with van der Waals surface area (Å²) in [5.74, 6) is 0. The summed E-state index contributed by atoms with van der Waals surface area (Å²) in [6.45, 7) is 0. The molecule has 10 heavy (non-hydrogen) atoms. The molecule has 0 aliphatic heterocycles. The van der Waals surface area contributed by atoms with Gasteiger partial charge in [-0.2, -0.15) is 0 Å². The van der Waals surface area contributed by atoms with Crippen molar-refractivity contribution in [1.82, 2.24) is 0 Å². The topological polar surface area (TPSA) is 0 Å². The van der Waals surface area contributed by atoms with Crippen LogP contribution in [-0.2, 0) is 0 Å². The fraction of sp³-hybridized carbons (Fsp3) is 0.111. The van der Waals surface area contributed by atoms with Crippen LogP contribution in [0.15, 0.2) is 46.4 Å². The number of hydrogen-bond donors (Lipinski definition) is 0. The van der Waals surface area contributed by atoms with E-state index in [0.717, 1.165) is 0 Å². The molecule has 0 atom stereocenters. The highest BCUT2D eigenvalue weighted by molar-refractivity contribution is 8.02. The highest BCUT2D eigenvalue weighted by atomic mass is 32.2. The maximum absolute atomic E-state index is 2.22. The van der Waals surface area contributed by atoms with Crippen LogP contribution in [0.2, 0.25) is 0 Å². The Bertz CT molecular complexity index is 277. The molecule has 2 aliphatic rings. The third-order valence-electron chi connectivity index (χ3n) is 1.72. The van der Waals surface area contributed by atoms with E-state index in [-0.39, 0.29) is 0 Å². The molecule has 0 aromatic heterocycles. The zero-order chi connectivity index (χ0) is 6.97. The first-order valence-electron chi connectivity index (χ1n) is 3.26. The van der Waals surface area contributed by atoms with Crippen LogP contribution in [0.1, 0.15) is 0 Å². The van der Waals surface area contributed by atoms with E-state index in [0.29, 0.717) is 0 Å². The third-order valence-corrected chi connectivity index (χ3v) is 2.42. The molecule has 2 aliphatic carbocycles. The SMILES string of the molecule is CSC1=CC2=CC=CC2=C1. The van der Waals surface area contributed by atoms with Gasteiger partial charge in [-0.15, -0.1) is 11.8 Å². The Labute approximate surface area is 65.0 Å². The average Bonchev–Trinajstić information content (AvgIpc) is 2.42. The highest BCUT2D eigenvalue weighted by Gasteiger charge is 2.10. The van der Waals surface area contributed by atoms with Gasteiger partial charge in [0.2, 0.25) is 0 Å². The van der Waals surface area contributed by atoms with Gasteiger partial charge in [0.15, 0.2) is 0 Å². The summed E-state index contributed by atoms with van der Waals surface area (Å²) in [6, 6.07) is 0. The Morgan fingerprint density at radius 1 is 1.20 bits per heavy atom. The second kappa shape index (κ2) is 2.17. The molecule has 0 heterocycles. The van der Waals surface area contributed by atoms with E-state index in [9.17, 15) is 0 Å². The summed E-state index contributed by atoms with van der Waals surface area (Å²) in [4.78, 5) is 1.37. The van der Waals surface area contributed by atoms with Crippen molar-refractivity contribution in [3.05, 3.63) is 46.4 Å². The van der Waals surface area contributed by atoms with Crippen LogP contribution in [0.5, 0.6) is 0 Å². The maximum atomic E-state index is 2.22. The molecule has 0 aromatic rings. The number of fused-ring (bicyclic) bond motifs is 1. The molecule has 0 spiro atoms.